The third-order valence-electron chi connectivity index (χ3n) is 1.57. The molecule has 1 aromatic rings. The van der Waals surface area contributed by atoms with Gasteiger partial charge in [0.05, 0.1) is 17.2 Å². The van der Waals surface area contributed by atoms with Gasteiger partial charge >= 0.3 is 0 Å². The Morgan fingerprint density at radius 1 is 1.31 bits per heavy atom. The monoisotopic (exact) mass is 183 g/mol. The van der Waals surface area contributed by atoms with Crippen LogP contribution in [0.15, 0.2) is 12.1 Å². The Balaban J connectivity index is 3.41. The molecule has 0 aliphatic rings. The maximum absolute atomic E-state index is 12.3. The Morgan fingerprint density at radius 2 is 1.92 bits per heavy atom. The van der Waals surface area contributed by atoms with E-state index < -0.39 is 12.0 Å². The molecule has 3 nitrogen and oxygen atoms in total. The molecule has 0 aliphatic carbocycles. The first-order chi connectivity index (χ1) is 6.06. The van der Waals surface area contributed by atoms with E-state index in [1.165, 1.54) is 12.1 Å². The van der Waals surface area contributed by atoms with E-state index in [1.54, 1.807) is 6.07 Å². The molecule has 0 heterocycles. The number of anilines is 2. The molecule has 5 heteroatoms. The molecule has 0 fully saturated rings. The van der Waals surface area contributed by atoms with Gasteiger partial charge in [0.15, 0.2) is 0 Å². The summed E-state index contributed by atoms with van der Waals surface area (Å²) in [4.78, 5) is 0. The van der Waals surface area contributed by atoms with Gasteiger partial charge in [0.2, 0.25) is 0 Å². The molecule has 0 atom stereocenters. The number of rotatable bonds is 1. The van der Waals surface area contributed by atoms with Crippen molar-refractivity contribution in [3.05, 3.63) is 23.3 Å². The van der Waals surface area contributed by atoms with Crippen molar-refractivity contribution in [1.29, 1.82) is 5.26 Å². The van der Waals surface area contributed by atoms with Gasteiger partial charge in [-0.3, -0.25) is 0 Å². The van der Waals surface area contributed by atoms with Crippen LogP contribution in [0.3, 0.4) is 0 Å². The minimum Gasteiger partial charge on any atom is -0.399 e. The largest absolute Gasteiger partial charge is 0.399 e. The topological polar surface area (TPSA) is 75.8 Å². The summed E-state index contributed by atoms with van der Waals surface area (Å²) in [7, 11) is 0. The second-order valence-electron chi connectivity index (χ2n) is 2.48. The maximum atomic E-state index is 12.3. The third-order valence-corrected chi connectivity index (χ3v) is 1.57. The average Bonchev–Trinajstić information content (AvgIpc) is 2.01. The van der Waals surface area contributed by atoms with Crippen molar-refractivity contribution in [3.8, 4) is 6.07 Å². The van der Waals surface area contributed by atoms with Gasteiger partial charge in [-0.1, -0.05) is 0 Å². The number of hydrogen-bond acceptors (Lipinski definition) is 3. The van der Waals surface area contributed by atoms with Crippen molar-refractivity contribution >= 4 is 11.4 Å². The minimum atomic E-state index is -2.75. The van der Waals surface area contributed by atoms with Crippen LogP contribution in [0, 0.1) is 11.3 Å². The highest BCUT2D eigenvalue weighted by atomic mass is 19.3. The fourth-order valence-electron chi connectivity index (χ4n) is 1.03. The summed E-state index contributed by atoms with van der Waals surface area (Å²) in [6.45, 7) is 0. The summed E-state index contributed by atoms with van der Waals surface area (Å²) < 4.78 is 24.7. The Labute approximate surface area is 73.6 Å². The van der Waals surface area contributed by atoms with Crippen molar-refractivity contribution < 1.29 is 8.78 Å². The first-order valence-electron chi connectivity index (χ1n) is 3.43. The number of nitriles is 1. The molecule has 13 heavy (non-hydrogen) atoms. The Morgan fingerprint density at radius 3 is 2.38 bits per heavy atom. The molecule has 0 spiro atoms. The van der Waals surface area contributed by atoms with E-state index in [-0.39, 0.29) is 16.9 Å². The van der Waals surface area contributed by atoms with Crippen molar-refractivity contribution in [2.45, 2.75) is 6.43 Å². The second kappa shape index (κ2) is 3.27. The Bertz CT molecular complexity index is 368. The summed E-state index contributed by atoms with van der Waals surface area (Å²) in [5.41, 5.74) is 10.1. The molecule has 0 amide bonds. The molecule has 4 N–H and O–H groups in total. The van der Waals surface area contributed by atoms with Crippen LogP contribution in [0.5, 0.6) is 0 Å². The fraction of sp³-hybridized carbons (Fsp3) is 0.125. The number of alkyl halides is 2. The van der Waals surface area contributed by atoms with E-state index in [1.807, 2.05) is 0 Å². The van der Waals surface area contributed by atoms with Crippen molar-refractivity contribution in [1.82, 2.24) is 0 Å². The SMILES string of the molecule is N#Cc1cc(N)cc(N)c1C(F)F. The number of hydrogen-bond donors (Lipinski definition) is 2. The third kappa shape index (κ3) is 1.67. The van der Waals surface area contributed by atoms with Crippen LogP contribution >= 0.6 is 0 Å². The molecule has 68 valence electrons. The van der Waals surface area contributed by atoms with Gasteiger partial charge in [-0.05, 0) is 12.1 Å². The number of nitrogen functional groups attached to an aromatic ring is 2. The van der Waals surface area contributed by atoms with Crippen LogP contribution < -0.4 is 11.5 Å². The van der Waals surface area contributed by atoms with Gasteiger partial charge in [0, 0.05) is 11.4 Å². The lowest BCUT2D eigenvalue weighted by atomic mass is 10.1. The van der Waals surface area contributed by atoms with Gasteiger partial charge in [0.25, 0.3) is 6.43 Å². The van der Waals surface area contributed by atoms with Gasteiger partial charge in [-0.2, -0.15) is 5.26 Å². The summed E-state index contributed by atoms with van der Waals surface area (Å²) in [5.74, 6) is 0. The molecule has 0 unspecified atom stereocenters. The van der Waals surface area contributed by atoms with Crippen LogP contribution in [-0.4, -0.2) is 0 Å². The van der Waals surface area contributed by atoms with Crippen LogP contribution in [0.1, 0.15) is 17.6 Å². The molecule has 0 saturated heterocycles. The minimum absolute atomic E-state index is 0.147. The second-order valence-corrected chi connectivity index (χ2v) is 2.48. The number of halogens is 2. The van der Waals surface area contributed by atoms with Crippen LogP contribution in [-0.2, 0) is 0 Å². The van der Waals surface area contributed by atoms with Crippen LogP contribution in [0.2, 0.25) is 0 Å². The van der Waals surface area contributed by atoms with E-state index >= 15 is 0 Å². The quantitative estimate of drug-likeness (QED) is 0.650. The predicted octanol–water partition coefficient (Wildman–Crippen LogP) is 1.66. The lowest BCUT2D eigenvalue weighted by molar-refractivity contribution is 0.152. The normalized spacial score (nSPS) is 10.0. The summed E-state index contributed by atoms with van der Waals surface area (Å²) >= 11 is 0. The highest BCUT2D eigenvalue weighted by Gasteiger charge is 2.16. The predicted molar refractivity (Wildman–Crippen MR) is 44.9 cm³/mol. The molecular weight excluding hydrogens is 176 g/mol. The summed E-state index contributed by atoms with van der Waals surface area (Å²) in [5, 5.41) is 8.52. The molecule has 0 aromatic heterocycles. The zero-order valence-electron chi connectivity index (χ0n) is 6.59. The molecule has 1 rings (SSSR count). The van der Waals surface area contributed by atoms with E-state index in [4.69, 9.17) is 16.7 Å². The molecular formula is C8H7F2N3. The molecule has 0 saturated carbocycles. The number of benzene rings is 1. The Hall–Kier alpha value is -1.83. The highest BCUT2D eigenvalue weighted by molar-refractivity contribution is 5.63. The summed E-state index contributed by atoms with van der Waals surface area (Å²) in [6, 6.07) is 4.01. The molecule has 0 aliphatic heterocycles. The molecule has 0 bridgehead atoms. The van der Waals surface area contributed by atoms with Gasteiger partial charge in [0.1, 0.15) is 0 Å². The first-order valence-corrected chi connectivity index (χ1v) is 3.43. The lowest BCUT2D eigenvalue weighted by Crippen LogP contribution is -2.00. The van der Waals surface area contributed by atoms with Crippen molar-refractivity contribution in [3.63, 3.8) is 0 Å². The standard InChI is InChI=1S/C8H7F2N3/c9-8(10)7-4(3-11)1-5(12)2-6(7)13/h1-2,8H,12-13H2. The van der Waals surface area contributed by atoms with E-state index in [0.29, 0.717) is 0 Å². The summed E-state index contributed by atoms with van der Waals surface area (Å²) in [6.07, 6.45) is -2.75. The van der Waals surface area contributed by atoms with Crippen molar-refractivity contribution in [2.75, 3.05) is 11.5 Å². The molecule has 0 radical (unpaired) electrons. The van der Waals surface area contributed by atoms with Gasteiger partial charge < -0.3 is 11.5 Å². The fourth-order valence-corrected chi connectivity index (χ4v) is 1.03. The maximum Gasteiger partial charge on any atom is 0.267 e. The zero-order valence-corrected chi connectivity index (χ0v) is 6.59. The highest BCUT2D eigenvalue weighted by Crippen LogP contribution is 2.30. The average molecular weight is 183 g/mol. The van der Waals surface area contributed by atoms with Crippen LogP contribution in [0.4, 0.5) is 20.2 Å². The van der Waals surface area contributed by atoms with Gasteiger partial charge in [-0.25, -0.2) is 8.78 Å². The van der Waals surface area contributed by atoms with Gasteiger partial charge in [-0.15, -0.1) is 0 Å². The lowest BCUT2D eigenvalue weighted by Gasteiger charge is -2.07. The van der Waals surface area contributed by atoms with E-state index in [0.717, 1.165) is 0 Å². The van der Waals surface area contributed by atoms with Crippen molar-refractivity contribution in [2.24, 2.45) is 0 Å². The van der Waals surface area contributed by atoms with Crippen LogP contribution in [0.25, 0.3) is 0 Å². The number of nitrogens with two attached hydrogens (primary N) is 2. The zero-order chi connectivity index (χ0) is 10.0. The number of nitrogens with zero attached hydrogens (tertiary/aromatic N) is 1. The molecule has 1 aromatic carbocycles. The van der Waals surface area contributed by atoms with E-state index in [9.17, 15) is 8.78 Å². The smallest absolute Gasteiger partial charge is 0.267 e. The van der Waals surface area contributed by atoms with E-state index in [2.05, 4.69) is 0 Å². The Kier molecular flexibility index (Phi) is 2.33. The first kappa shape index (κ1) is 9.26.